The maximum absolute atomic E-state index is 12.2. The minimum Gasteiger partial charge on any atom is -0.507 e. The number of aromatic hydroxyl groups is 1. The Labute approximate surface area is 114 Å². The van der Waals surface area contributed by atoms with Gasteiger partial charge < -0.3 is 20.4 Å². The lowest BCUT2D eigenvalue weighted by Crippen LogP contribution is -2.32. The maximum atomic E-state index is 12.2. The molecule has 0 fully saturated rings. The zero-order chi connectivity index (χ0) is 14.7. The Morgan fingerprint density at radius 3 is 2.75 bits per heavy atom. The highest BCUT2D eigenvalue weighted by molar-refractivity contribution is 5.86. The molecule has 0 radical (unpaired) electrons. The van der Waals surface area contributed by atoms with E-state index < -0.39 is 11.5 Å². The largest absolute Gasteiger partial charge is 0.507 e. The molecule has 2 rings (SSSR count). The van der Waals surface area contributed by atoms with Crippen LogP contribution in [0.3, 0.4) is 0 Å². The first-order valence-corrected chi connectivity index (χ1v) is 5.89. The smallest absolute Gasteiger partial charge is 0.317 e. The average Bonchev–Trinajstić information content (AvgIpc) is 2.43. The molecule has 0 spiro atoms. The predicted octanol–water partition coefficient (Wildman–Crippen LogP) is -0.0603. The van der Waals surface area contributed by atoms with Gasteiger partial charge in [0, 0.05) is 11.9 Å². The molecule has 2 aromatic rings. The summed E-state index contributed by atoms with van der Waals surface area (Å²) in [5.74, 6) is -1.21. The summed E-state index contributed by atoms with van der Waals surface area (Å²) in [6.07, 6.45) is 0. The van der Waals surface area contributed by atoms with Crippen molar-refractivity contribution in [2.75, 3.05) is 13.7 Å². The van der Waals surface area contributed by atoms with Crippen molar-refractivity contribution in [3.8, 4) is 5.75 Å². The Balaban J connectivity index is 2.54. The Bertz CT molecular complexity index is 708. The second-order valence-electron chi connectivity index (χ2n) is 4.12. The van der Waals surface area contributed by atoms with Crippen LogP contribution >= 0.6 is 0 Å². The second-order valence-corrected chi connectivity index (χ2v) is 4.12. The fourth-order valence-corrected chi connectivity index (χ4v) is 1.98. The molecular formula is C13H14N2O5. The summed E-state index contributed by atoms with van der Waals surface area (Å²) in [7, 11) is 1.35. The average molecular weight is 278 g/mol. The summed E-state index contributed by atoms with van der Waals surface area (Å²) in [5, 5.41) is 21.8. The molecule has 1 aromatic carbocycles. The first kappa shape index (κ1) is 13.9. The number of rotatable bonds is 5. The van der Waals surface area contributed by atoms with Crippen LogP contribution in [0.4, 0.5) is 0 Å². The summed E-state index contributed by atoms with van der Waals surface area (Å²) in [5.41, 5.74) is -0.0205. The van der Waals surface area contributed by atoms with Crippen molar-refractivity contribution in [1.29, 1.82) is 0 Å². The van der Waals surface area contributed by atoms with Crippen molar-refractivity contribution in [1.82, 2.24) is 10.0 Å². The van der Waals surface area contributed by atoms with E-state index in [2.05, 4.69) is 5.32 Å². The molecule has 0 bridgehead atoms. The van der Waals surface area contributed by atoms with E-state index in [0.29, 0.717) is 10.9 Å². The monoisotopic (exact) mass is 278 g/mol. The fraction of sp³-hybridized carbons (Fsp3) is 0.231. The molecule has 0 atom stereocenters. The van der Waals surface area contributed by atoms with Gasteiger partial charge >= 0.3 is 5.97 Å². The molecule has 1 heterocycles. The molecular weight excluding hydrogens is 264 g/mol. The molecule has 3 N–H and O–H groups in total. The number of carbonyl (C=O) groups is 1. The first-order chi connectivity index (χ1) is 9.56. The molecule has 0 aliphatic carbocycles. The van der Waals surface area contributed by atoms with Crippen molar-refractivity contribution in [3.05, 3.63) is 40.2 Å². The number of fused-ring (bicyclic) bond motifs is 1. The van der Waals surface area contributed by atoms with Gasteiger partial charge in [0.15, 0.2) is 0 Å². The molecule has 0 aliphatic rings. The van der Waals surface area contributed by atoms with Crippen LogP contribution in [0.25, 0.3) is 10.9 Å². The van der Waals surface area contributed by atoms with E-state index in [1.807, 2.05) is 0 Å². The summed E-state index contributed by atoms with van der Waals surface area (Å²) in [6.45, 7) is -0.371. The van der Waals surface area contributed by atoms with E-state index in [1.165, 1.54) is 7.11 Å². The van der Waals surface area contributed by atoms with E-state index in [-0.39, 0.29) is 24.4 Å². The van der Waals surface area contributed by atoms with Crippen molar-refractivity contribution in [3.63, 3.8) is 0 Å². The molecule has 7 nitrogen and oxygen atoms in total. The standard InChI is InChI=1S/C13H14N2O5/c1-20-15-10-5-3-2-4-8(10)12(18)9(13(15)19)6-14-7-11(16)17/h2-5,14,18H,6-7H2,1H3,(H,16,17). The highest BCUT2D eigenvalue weighted by Gasteiger charge is 2.16. The van der Waals surface area contributed by atoms with Gasteiger partial charge in [-0.2, -0.15) is 0 Å². The van der Waals surface area contributed by atoms with Gasteiger partial charge in [-0.25, -0.2) is 0 Å². The third kappa shape index (κ3) is 2.43. The number of carboxylic acid groups (broad SMARTS) is 1. The topological polar surface area (TPSA) is 101 Å². The molecule has 0 aliphatic heterocycles. The lowest BCUT2D eigenvalue weighted by atomic mass is 10.1. The number of hydrogen-bond acceptors (Lipinski definition) is 5. The summed E-state index contributed by atoms with van der Waals surface area (Å²) in [4.78, 5) is 27.7. The lowest BCUT2D eigenvalue weighted by Gasteiger charge is -2.13. The molecule has 20 heavy (non-hydrogen) atoms. The van der Waals surface area contributed by atoms with E-state index in [9.17, 15) is 14.7 Å². The van der Waals surface area contributed by atoms with Crippen LogP contribution in [-0.4, -0.2) is 34.6 Å². The molecule has 0 saturated carbocycles. The third-order valence-electron chi connectivity index (χ3n) is 2.87. The number of nitrogens with one attached hydrogen (secondary N) is 1. The number of nitrogens with zero attached hydrogens (tertiary/aromatic N) is 1. The zero-order valence-electron chi connectivity index (χ0n) is 10.8. The van der Waals surface area contributed by atoms with Gasteiger partial charge in [-0.15, -0.1) is 4.73 Å². The van der Waals surface area contributed by atoms with Crippen LogP contribution in [0.15, 0.2) is 29.1 Å². The Hall–Kier alpha value is -2.54. The number of aromatic nitrogens is 1. The number of hydrogen-bond donors (Lipinski definition) is 3. The molecule has 1 aromatic heterocycles. The Morgan fingerprint density at radius 1 is 1.40 bits per heavy atom. The van der Waals surface area contributed by atoms with Gasteiger partial charge in [-0.05, 0) is 12.1 Å². The Morgan fingerprint density at radius 2 is 2.10 bits per heavy atom. The Kier molecular flexibility index (Phi) is 3.90. The van der Waals surface area contributed by atoms with Gasteiger partial charge in [0.1, 0.15) is 12.9 Å². The van der Waals surface area contributed by atoms with Gasteiger partial charge in [-0.3, -0.25) is 9.59 Å². The quantitative estimate of drug-likeness (QED) is 0.708. The van der Waals surface area contributed by atoms with Crippen LogP contribution < -0.4 is 15.7 Å². The van der Waals surface area contributed by atoms with Crippen molar-refractivity contribution < 1.29 is 19.8 Å². The van der Waals surface area contributed by atoms with Crippen LogP contribution in [0.5, 0.6) is 5.75 Å². The number of benzene rings is 1. The predicted molar refractivity (Wildman–Crippen MR) is 71.7 cm³/mol. The van der Waals surface area contributed by atoms with Gasteiger partial charge in [0.05, 0.1) is 17.6 Å². The molecule has 0 unspecified atom stereocenters. The number of pyridine rings is 1. The zero-order valence-corrected chi connectivity index (χ0v) is 10.8. The van der Waals surface area contributed by atoms with Crippen molar-refractivity contribution in [2.24, 2.45) is 0 Å². The highest BCUT2D eigenvalue weighted by atomic mass is 16.6. The molecule has 0 saturated heterocycles. The normalized spacial score (nSPS) is 10.7. The van der Waals surface area contributed by atoms with Crippen LogP contribution in [-0.2, 0) is 11.3 Å². The van der Waals surface area contributed by atoms with Gasteiger partial charge in [0.2, 0.25) is 0 Å². The lowest BCUT2D eigenvalue weighted by molar-refractivity contribution is -0.136. The number of para-hydroxylation sites is 1. The van der Waals surface area contributed by atoms with Crippen LogP contribution in [0.2, 0.25) is 0 Å². The van der Waals surface area contributed by atoms with Gasteiger partial charge in [0.25, 0.3) is 5.56 Å². The third-order valence-corrected chi connectivity index (χ3v) is 2.87. The number of aliphatic carboxylic acids is 1. The van der Waals surface area contributed by atoms with E-state index >= 15 is 0 Å². The van der Waals surface area contributed by atoms with E-state index in [0.717, 1.165) is 4.73 Å². The minimum absolute atomic E-state index is 0.0619. The van der Waals surface area contributed by atoms with E-state index in [4.69, 9.17) is 9.94 Å². The van der Waals surface area contributed by atoms with Crippen LogP contribution in [0.1, 0.15) is 5.56 Å². The first-order valence-electron chi connectivity index (χ1n) is 5.89. The van der Waals surface area contributed by atoms with Crippen LogP contribution in [0, 0.1) is 0 Å². The second kappa shape index (κ2) is 5.62. The molecule has 7 heteroatoms. The SMILES string of the molecule is COn1c(=O)c(CNCC(=O)O)c(O)c2ccccc21. The summed E-state index contributed by atoms with van der Waals surface area (Å²) in [6, 6.07) is 6.74. The maximum Gasteiger partial charge on any atom is 0.317 e. The fourth-order valence-electron chi connectivity index (χ4n) is 1.98. The molecule has 0 amide bonds. The van der Waals surface area contributed by atoms with Gasteiger partial charge in [-0.1, -0.05) is 12.1 Å². The summed E-state index contributed by atoms with van der Waals surface area (Å²) >= 11 is 0. The summed E-state index contributed by atoms with van der Waals surface area (Å²) < 4.78 is 1.06. The number of carboxylic acids is 1. The van der Waals surface area contributed by atoms with E-state index in [1.54, 1.807) is 24.3 Å². The molecule has 106 valence electrons. The van der Waals surface area contributed by atoms with Crippen molar-refractivity contribution in [2.45, 2.75) is 6.54 Å². The minimum atomic E-state index is -1.04. The van der Waals surface area contributed by atoms with Crippen molar-refractivity contribution >= 4 is 16.9 Å². The highest BCUT2D eigenvalue weighted by Crippen LogP contribution is 2.25.